The number of fused-ring (bicyclic) bond motifs is 1. The largest absolute Gasteiger partial charge is 0.497 e. The number of aromatic nitrogens is 1. The summed E-state index contributed by atoms with van der Waals surface area (Å²) < 4.78 is 5.33. The lowest BCUT2D eigenvalue weighted by Crippen LogP contribution is -2.45. The second kappa shape index (κ2) is 15.6. The number of methoxy groups -OCH3 is 1. The van der Waals surface area contributed by atoms with E-state index in [0.717, 1.165) is 91.7 Å². The van der Waals surface area contributed by atoms with Crippen molar-refractivity contribution in [1.29, 1.82) is 0 Å². The summed E-state index contributed by atoms with van der Waals surface area (Å²) >= 11 is 0. The number of carbonyl (C=O) groups excluding carboxylic acids is 2. The number of nitrogens with one attached hydrogen (secondary N) is 2. The Hall–Kier alpha value is -4.27. The molecular formula is C37H45N5O3. The van der Waals surface area contributed by atoms with Gasteiger partial charge in [-0.3, -0.25) is 9.59 Å². The number of carbonyl (C=O) groups is 2. The number of hydrogen-bond donors (Lipinski definition) is 2. The highest BCUT2D eigenvalue weighted by atomic mass is 16.5. The van der Waals surface area contributed by atoms with Gasteiger partial charge in [-0.05, 0) is 86.4 Å². The first-order valence-corrected chi connectivity index (χ1v) is 16.1. The van der Waals surface area contributed by atoms with Crippen molar-refractivity contribution < 1.29 is 14.3 Å². The fourth-order valence-electron chi connectivity index (χ4n) is 5.75. The number of hydrogen-bond acceptors (Lipinski definition) is 6. The Morgan fingerprint density at radius 2 is 1.69 bits per heavy atom. The third-order valence-corrected chi connectivity index (χ3v) is 8.54. The van der Waals surface area contributed by atoms with Crippen LogP contribution in [-0.2, 0) is 11.2 Å². The van der Waals surface area contributed by atoms with Gasteiger partial charge in [0.2, 0.25) is 5.91 Å². The van der Waals surface area contributed by atoms with Crippen LogP contribution < -0.4 is 15.4 Å². The average Bonchev–Trinajstić information content (AvgIpc) is 3.08. The second-order valence-electron chi connectivity index (χ2n) is 11.8. The number of likely N-dealkylation sites (N-methyl/N-ethyl adjacent to an activating group) is 1. The summed E-state index contributed by atoms with van der Waals surface area (Å²) in [5.74, 6) is 0.217. The van der Waals surface area contributed by atoms with E-state index in [9.17, 15) is 9.59 Å². The first-order valence-electron chi connectivity index (χ1n) is 16.1. The average molecular weight is 608 g/mol. The van der Waals surface area contributed by atoms with Gasteiger partial charge in [-0.1, -0.05) is 49.7 Å². The molecule has 0 spiro atoms. The van der Waals surface area contributed by atoms with Crippen LogP contribution in [-0.4, -0.2) is 80.0 Å². The molecule has 8 heteroatoms. The van der Waals surface area contributed by atoms with Crippen molar-refractivity contribution in [2.24, 2.45) is 0 Å². The minimum Gasteiger partial charge on any atom is -0.497 e. The van der Waals surface area contributed by atoms with Crippen molar-refractivity contribution in [3.8, 4) is 17.0 Å². The molecule has 4 aromatic rings. The second-order valence-corrected chi connectivity index (χ2v) is 11.8. The molecule has 5 rings (SSSR count). The Labute approximate surface area is 266 Å². The third-order valence-electron chi connectivity index (χ3n) is 8.54. The van der Waals surface area contributed by atoms with Crippen LogP contribution in [0.15, 0.2) is 78.9 Å². The number of aryl methyl sites for hydroxylation is 1. The molecule has 1 fully saturated rings. The van der Waals surface area contributed by atoms with Crippen LogP contribution >= 0.6 is 0 Å². The molecule has 1 saturated heterocycles. The Bertz CT molecular complexity index is 1570. The number of ether oxygens (including phenoxy) is 1. The normalized spacial score (nSPS) is 14.6. The van der Waals surface area contributed by atoms with Gasteiger partial charge in [0, 0.05) is 43.7 Å². The standard InChI is InChI=1S/C37H45N5O3/c1-4-5-10-27-13-18-33-31(25-27)32(26-34(39-33)28-14-16-30(45-3)17-15-28)36(43)40-35(29-11-7-6-8-12-29)37(44)38-19-9-20-42-23-21-41(2)22-24-42/h6-8,11-18,25-26,35H,4-5,9-10,19-24H2,1-3H3,(H,38,44)(H,40,43). The summed E-state index contributed by atoms with van der Waals surface area (Å²) in [7, 11) is 3.78. The molecule has 0 bridgehead atoms. The molecule has 1 aliphatic heterocycles. The quantitative estimate of drug-likeness (QED) is 0.196. The summed E-state index contributed by atoms with van der Waals surface area (Å²) in [5, 5.41) is 6.95. The maximum Gasteiger partial charge on any atom is 0.252 e. The zero-order chi connectivity index (χ0) is 31.6. The predicted octanol–water partition coefficient (Wildman–Crippen LogP) is 5.48. The molecule has 236 valence electrons. The van der Waals surface area contributed by atoms with E-state index in [4.69, 9.17) is 9.72 Å². The van der Waals surface area contributed by atoms with E-state index in [2.05, 4.69) is 46.5 Å². The molecule has 2 N–H and O–H groups in total. The molecule has 1 aliphatic rings. The number of unbranched alkanes of at least 4 members (excludes halogenated alkanes) is 1. The van der Waals surface area contributed by atoms with E-state index in [0.29, 0.717) is 17.8 Å². The van der Waals surface area contributed by atoms with E-state index in [-0.39, 0.29) is 11.8 Å². The van der Waals surface area contributed by atoms with Gasteiger partial charge in [-0.15, -0.1) is 0 Å². The van der Waals surface area contributed by atoms with Crippen LogP contribution in [0.5, 0.6) is 5.75 Å². The Balaban J connectivity index is 1.40. The van der Waals surface area contributed by atoms with Gasteiger partial charge in [0.25, 0.3) is 5.91 Å². The number of nitrogens with zero attached hydrogens (tertiary/aromatic N) is 3. The van der Waals surface area contributed by atoms with Crippen LogP contribution in [0.3, 0.4) is 0 Å². The maximum atomic E-state index is 14.2. The zero-order valence-electron chi connectivity index (χ0n) is 26.7. The summed E-state index contributed by atoms with van der Waals surface area (Å²) in [6.07, 6.45) is 3.93. The molecule has 0 saturated carbocycles. The van der Waals surface area contributed by atoms with E-state index in [1.807, 2.05) is 66.7 Å². The predicted molar refractivity (Wildman–Crippen MR) is 181 cm³/mol. The summed E-state index contributed by atoms with van der Waals surface area (Å²) in [4.78, 5) is 37.5. The Morgan fingerprint density at radius 3 is 2.40 bits per heavy atom. The van der Waals surface area contributed by atoms with E-state index < -0.39 is 6.04 Å². The summed E-state index contributed by atoms with van der Waals surface area (Å²) in [6.45, 7) is 7.89. The first kappa shape index (κ1) is 32.1. The van der Waals surface area contributed by atoms with Gasteiger partial charge in [0.1, 0.15) is 11.8 Å². The number of benzene rings is 3. The van der Waals surface area contributed by atoms with Crippen LogP contribution in [0.2, 0.25) is 0 Å². The number of amides is 2. The number of piperazine rings is 1. The smallest absolute Gasteiger partial charge is 0.252 e. The molecule has 1 unspecified atom stereocenters. The highest BCUT2D eigenvalue weighted by molar-refractivity contribution is 6.08. The fraction of sp³-hybridized carbons (Fsp3) is 0.378. The van der Waals surface area contributed by atoms with Crippen LogP contribution in [0.4, 0.5) is 0 Å². The van der Waals surface area contributed by atoms with Crippen LogP contribution in [0.25, 0.3) is 22.2 Å². The van der Waals surface area contributed by atoms with E-state index in [1.54, 1.807) is 7.11 Å². The molecule has 1 aromatic heterocycles. The third kappa shape index (κ3) is 8.47. The molecule has 2 amide bonds. The molecule has 3 aromatic carbocycles. The van der Waals surface area contributed by atoms with E-state index in [1.165, 1.54) is 0 Å². The SMILES string of the molecule is CCCCc1ccc2nc(-c3ccc(OC)cc3)cc(C(=O)NC(C(=O)NCCCN3CCN(C)CC3)c3ccccc3)c2c1. The Kier molecular flexibility index (Phi) is 11.2. The maximum absolute atomic E-state index is 14.2. The number of rotatable bonds is 13. The van der Waals surface area contributed by atoms with Crippen molar-refractivity contribution in [2.75, 3.05) is 53.4 Å². The molecule has 0 radical (unpaired) electrons. The van der Waals surface area contributed by atoms with Gasteiger partial charge in [-0.25, -0.2) is 4.98 Å². The van der Waals surface area contributed by atoms with Gasteiger partial charge < -0.3 is 25.2 Å². The van der Waals surface area contributed by atoms with Crippen molar-refractivity contribution >= 4 is 22.7 Å². The topological polar surface area (TPSA) is 86.8 Å². The van der Waals surface area contributed by atoms with Crippen molar-refractivity contribution in [3.05, 3.63) is 95.6 Å². The molecule has 1 atom stereocenters. The van der Waals surface area contributed by atoms with Gasteiger partial charge in [0.15, 0.2) is 0 Å². The van der Waals surface area contributed by atoms with Crippen LogP contribution in [0, 0.1) is 0 Å². The minimum absolute atomic E-state index is 0.217. The van der Waals surface area contributed by atoms with Crippen molar-refractivity contribution in [2.45, 2.75) is 38.6 Å². The molecule has 0 aliphatic carbocycles. The zero-order valence-corrected chi connectivity index (χ0v) is 26.7. The Morgan fingerprint density at radius 1 is 0.933 bits per heavy atom. The molecular weight excluding hydrogens is 562 g/mol. The lowest BCUT2D eigenvalue weighted by atomic mass is 9.99. The van der Waals surface area contributed by atoms with Gasteiger partial charge >= 0.3 is 0 Å². The first-order chi connectivity index (χ1) is 21.9. The lowest BCUT2D eigenvalue weighted by molar-refractivity contribution is -0.123. The van der Waals surface area contributed by atoms with Gasteiger partial charge in [0.05, 0.1) is 23.9 Å². The summed E-state index contributed by atoms with van der Waals surface area (Å²) in [6, 6.07) is 24.2. The van der Waals surface area contributed by atoms with Crippen LogP contribution in [0.1, 0.15) is 53.7 Å². The van der Waals surface area contributed by atoms with E-state index >= 15 is 0 Å². The van der Waals surface area contributed by atoms with Crippen molar-refractivity contribution in [1.82, 2.24) is 25.4 Å². The van der Waals surface area contributed by atoms with Gasteiger partial charge in [-0.2, -0.15) is 0 Å². The minimum atomic E-state index is -0.835. The molecule has 8 nitrogen and oxygen atoms in total. The summed E-state index contributed by atoms with van der Waals surface area (Å²) in [5.41, 5.74) is 4.68. The highest BCUT2D eigenvalue weighted by Crippen LogP contribution is 2.28. The highest BCUT2D eigenvalue weighted by Gasteiger charge is 2.25. The monoisotopic (exact) mass is 607 g/mol. The lowest BCUT2D eigenvalue weighted by Gasteiger charge is -2.32. The number of pyridine rings is 1. The molecule has 2 heterocycles. The van der Waals surface area contributed by atoms with Crippen molar-refractivity contribution in [3.63, 3.8) is 0 Å². The fourth-order valence-corrected chi connectivity index (χ4v) is 5.75. The molecule has 45 heavy (non-hydrogen) atoms.